The lowest BCUT2D eigenvalue weighted by molar-refractivity contribution is -0.212. The van der Waals surface area contributed by atoms with E-state index in [4.69, 9.17) is 9.47 Å². The summed E-state index contributed by atoms with van der Waals surface area (Å²) >= 11 is 0. The zero-order valence-electron chi connectivity index (χ0n) is 19.2. The molecule has 182 valence electrons. The van der Waals surface area contributed by atoms with Gasteiger partial charge in [-0.15, -0.1) is 0 Å². The van der Waals surface area contributed by atoms with E-state index in [1.54, 1.807) is 26.2 Å². The molecule has 0 aliphatic carbocycles. The van der Waals surface area contributed by atoms with E-state index in [0.29, 0.717) is 37.2 Å². The van der Waals surface area contributed by atoms with E-state index in [1.807, 2.05) is 30.3 Å². The minimum Gasteiger partial charge on any atom is -0.462 e. The maximum absolute atomic E-state index is 12.6. The fourth-order valence-corrected chi connectivity index (χ4v) is 4.33. The van der Waals surface area contributed by atoms with Crippen LogP contribution in [0.1, 0.15) is 41.6 Å². The largest absolute Gasteiger partial charge is 0.462 e. The Morgan fingerprint density at radius 3 is 2.41 bits per heavy atom. The zero-order chi connectivity index (χ0) is 24.5. The van der Waals surface area contributed by atoms with Crippen molar-refractivity contribution in [3.8, 4) is 16.9 Å². The molecule has 2 aliphatic heterocycles. The number of rotatable bonds is 3. The van der Waals surface area contributed by atoms with Gasteiger partial charge >= 0.3 is 6.18 Å². The van der Waals surface area contributed by atoms with Crippen LogP contribution in [0.15, 0.2) is 42.5 Å². The number of fused-ring (bicyclic) bond motifs is 1. The first-order chi connectivity index (χ1) is 16.1. The van der Waals surface area contributed by atoms with E-state index in [9.17, 15) is 22.8 Å². The van der Waals surface area contributed by atoms with Gasteiger partial charge in [-0.3, -0.25) is 9.59 Å². The molecule has 0 radical (unpaired) electrons. The van der Waals surface area contributed by atoms with Gasteiger partial charge in [-0.1, -0.05) is 18.2 Å². The van der Waals surface area contributed by atoms with Gasteiger partial charge in [0, 0.05) is 51.2 Å². The van der Waals surface area contributed by atoms with Gasteiger partial charge in [0.1, 0.15) is 12.2 Å². The van der Waals surface area contributed by atoms with Crippen LogP contribution in [0.5, 0.6) is 5.75 Å². The minimum atomic E-state index is -4.52. The summed E-state index contributed by atoms with van der Waals surface area (Å²) in [4.78, 5) is 26.9. The molecule has 1 unspecified atom stereocenters. The minimum absolute atomic E-state index is 0.0637. The molecule has 0 saturated carbocycles. The van der Waals surface area contributed by atoms with Crippen LogP contribution >= 0.6 is 0 Å². The highest BCUT2D eigenvalue weighted by molar-refractivity contribution is 5.94. The number of hydrogen-bond acceptors (Lipinski definition) is 4. The summed E-state index contributed by atoms with van der Waals surface area (Å²) in [5.74, 6) is -1.25. The Morgan fingerprint density at radius 2 is 1.74 bits per heavy atom. The van der Waals surface area contributed by atoms with E-state index in [2.05, 4.69) is 0 Å². The number of benzene rings is 2. The summed E-state index contributed by atoms with van der Waals surface area (Å²) in [5, 5.41) is 0. The van der Waals surface area contributed by atoms with E-state index < -0.39 is 24.3 Å². The summed E-state index contributed by atoms with van der Waals surface area (Å²) in [7, 11) is 3.41. The molecule has 1 fully saturated rings. The number of nitrogens with zero attached hydrogens (tertiary/aromatic N) is 2. The summed E-state index contributed by atoms with van der Waals surface area (Å²) < 4.78 is 50.1. The Kier molecular flexibility index (Phi) is 6.58. The first kappa shape index (κ1) is 24.1. The topological polar surface area (TPSA) is 59.1 Å². The quantitative estimate of drug-likeness (QED) is 0.649. The Morgan fingerprint density at radius 1 is 1.03 bits per heavy atom. The van der Waals surface area contributed by atoms with Crippen molar-refractivity contribution in [1.82, 2.24) is 9.80 Å². The normalized spacial score (nSPS) is 20.3. The third-order valence-electron chi connectivity index (χ3n) is 6.17. The van der Waals surface area contributed by atoms with Crippen molar-refractivity contribution in [3.63, 3.8) is 0 Å². The molecular weight excluding hydrogens is 449 g/mol. The number of likely N-dealkylation sites (tertiary alicyclic amines) is 1. The third kappa shape index (κ3) is 5.35. The van der Waals surface area contributed by atoms with Gasteiger partial charge in [-0.2, -0.15) is 13.2 Å². The van der Waals surface area contributed by atoms with Gasteiger partial charge in [-0.25, -0.2) is 0 Å². The molecule has 0 N–H and O–H groups in total. The lowest BCUT2D eigenvalue weighted by Crippen LogP contribution is -2.43. The molecule has 34 heavy (non-hydrogen) atoms. The molecule has 1 atom stereocenters. The maximum atomic E-state index is 12.6. The second kappa shape index (κ2) is 9.29. The molecular formula is C25H27F3N2O4. The predicted octanol–water partition coefficient (Wildman–Crippen LogP) is 4.63. The summed E-state index contributed by atoms with van der Waals surface area (Å²) in [6.45, 7) is 0.707. The number of ether oxygens (including phenoxy) is 2. The number of carbonyl (C=O) groups excluding carboxylic acids is 2. The molecule has 4 rings (SSSR count). The highest BCUT2D eigenvalue weighted by Crippen LogP contribution is 2.39. The van der Waals surface area contributed by atoms with Gasteiger partial charge in [0.15, 0.2) is 0 Å². The van der Waals surface area contributed by atoms with Gasteiger partial charge in [-0.05, 0) is 41.8 Å². The molecule has 1 saturated heterocycles. The van der Waals surface area contributed by atoms with Gasteiger partial charge in [0.25, 0.3) is 5.91 Å². The van der Waals surface area contributed by atoms with Crippen molar-refractivity contribution in [2.45, 2.75) is 44.3 Å². The average Bonchev–Trinajstić information content (AvgIpc) is 3.00. The van der Waals surface area contributed by atoms with Crippen LogP contribution < -0.4 is 4.74 Å². The second-order valence-electron chi connectivity index (χ2n) is 8.93. The molecule has 0 bridgehead atoms. The molecule has 2 heterocycles. The van der Waals surface area contributed by atoms with Crippen molar-refractivity contribution >= 4 is 11.8 Å². The highest BCUT2D eigenvalue weighted by Gasteiger charge is 2.41. The van der Waals surface area contributed by atoms with E-state index >= 15 is 0 Å². The van der Waals surface area contributed by atoms with Crippen LogP contribution in [0.3, 0.4) is 0 Å². The number of halogens is 3. The molecule has 2 aromatic carbocycles. The Balaban J connectivity index is 1.45. The van der Waals surface area contributed by atoms with Crippen LogP contribution in [-0.4, -0.2) is 60.8 Å². The van der Waals surface area contributed by atoms with Crippen LogP contribution in [0.25, 0.3) is 11.1 Å². The number of carbonyl (C=O) groups is 2. The molecule has 2 aromatic rings. The lowest BCUT2D eigenvalue weighted by Gasteiger charge is -2.38. The van der Waals surface area contributed by atoms with Crippen molar-refractivity contribution in [1.29, 1.82) is 0 Å². The monoisotopic (exact) mass is 476 g/mol. The van der Waals surface area contributed by atoms with Crippen LogP contribution in [0.2, 0.25) is 0 Å². The van der Waals surface area contributed by atoms with E-state index in [-0.39, 0.29) is 19.0 Å². The standard InChI is InChI=1S/C25H27F3N2O4/c1-29(2)23(32)18-6-4-17(5-7-18)19-8-9-21-20(14-19)16-33-24(34-21)10-3-12-30(13-11-24)22(31)15-25(26,27)28/h4-9,14H,3,10-13,15-16H2,1-2H3. The van der Waals surface area contributed by atoms with Gasteiger partial charge in [0.2, 0.25) is 11.7 Å². The predicted molar refractivity (Wildman–Crippen MR) is 119 cm³/mol. The number of alkyl halides is 3. The zero-order valence-corrected chi connectivity index (χ0v) is 19.2. The van der Waals surface area contributed by atoms with Gasteiger partial charge < -0.3 is 19.3 Å². The molecule has 2 amide bonds. The first-order valence-electron chi connectivity index (χ1n) is 11.2. The SMILES string of the molecule is CN(C)C(=O)c1ccc(-c2ccc3c(c2)COC2(CCCN(C(=O)CC(F)(F)F)CC2)O3)cc1. The van der Waals surface area contributed by atoms with Crippen molar-refractivity contribution in [3.05, 3.63) is 53.6 Å². The van der Waals surface area contributed by atoms with E-state index in [0.717, 1.165) is 16.7 Å². The molecule has 9 heteroatoms. The maximum Gasteiger partial charge on any atom is 0.397 e. The summed E-state index contributed by atoms with van der Waals surface area (Å²) in [5.41, 5.74) is 3.38. The summed E-state index contributed by atoms with van der Waals surface area (Å²) in [6.07, 6.45) is -4.67. The molecule has 6 nitrogen and oxygen atoms in total. The molecule has 1 spiro atoms. The highest BCUT2D eigenvalue weighted by atomic mass is 19.4. The fraction of sp³-hybridized carbons (Fsp3) is 0.440. The summed E-state index contributed by atoms with van der Waals surface area (Å²) in [6, 6.07) is 13.1. The average molecular weight is 476 g/mol. The first-order valence-corrected chi connectivity index (χ1v) is 11.2. The van der Waals surface area contributed by atoms with Crippen molar-refractivity contribution < 1.29 is 32.2 Å². The van der Waals surface area contributed by atoms with Crippen LogP contribution in [-0.2, 0) is 16.1 Å². The van der Waals surface area contributed by atoms with Crippen LogP contribution in [0.4, 0.5) is 13.2 Å². The molecule has 2 aliphatic rings. The number of hydrogen-bond donors (Lipinski definition) is 0. The Hall–Kier alpha value is -3.07. The van der Waals surface area contributed by atoms with Crippen molar-refractivity contribution in [2.24, 2.45) is 0 Å². The van der Waals surface area contributed by atoms with Crippen molar-refractivity contribution in [2.75, 3.05) is 27.2 Å². The second-order valence-corrected chi connectivity index (χ2v) is 8.93. The lowest BCUT2D eigenvalue weighted by atomic mass is 9.99. The van der Waals surface area contributed by atoms with Gasteiger partial charge in [0.05, 0.1) is 6.61 Å². The van der Waals surface area contributed by atoms with Crippen LogP contribution in [0, 0.1) is 0 Å². The number of amides is 2. The fourth-order valence-electron chi connectivity index (χ4n) is 4.33. The molecule has 0 aromatic heterocycles. The Labute approximate surface area is 196 Å². The Bertz CT molecular complexity index is 1070. The third-order valence-corrected chi connectivity index (χ3v) is 6.17. The smallest absolute Gasteiger partial charge is 0.397 e. The van der Waals surface area contributed by atoms with E-state index in [1.165, 1.54) is 9.80 Å².